The number of anilines is 2. The summed E-state index contributed by atoms with van der Waals surface area (Å²) in [5.41, 5.74) is 0.301. The number of benzene rings is 2. The van der Waals surface area contributed by atoms with Gasteiger partial charge in [0.25, 0.3) is 0 Å². The van der Waals surface area contributed by atoms with Crippen molar-refractivity contribution in [3.8, 4) is 11.5 Å². The van der Waals surface area contributed by atoms with E-state index in [0.29, 0.717) is 12.8 Å². The Balaban J connectivity index is 0.000000316. The zero-order valence-corrected chi connectivity index (χ0v) is 34.4. The van der Waals surface area contributed by atoms with Crippen LogP contribution < -0.4 is 20.1 Å². The second-order valence-electron chi connectivity index (χ2n) is 11.4. The van der Waals surface area contributed by atoms with Gasteiger partial charge in [-0.05, 0) is 55.3 Å². The molecule has 0 radical (unpaired) electrons. The molecule has 0 saturated carbocycles. The van der Waals surface area contributed by atoms with Crippen LogP contribution in [0.25, 0.3) is 0 Å². The number of ether oxygens (including phenoxy) is 2. The van der Waals surface area contributed by atoms with E-state index in [1.807, 2.05) is 13.8 Å². The monoisotopic (exact) mass is 928 g/mol. The number of aryl methyl sites for hydroxylation is 2. The fraction of sp³-hybridized carbons (Fsp3) is 0.278. The Morgan fingerprint density at radius 3 is 1.53 bits per heavy atom. The maximum atomic E-state index is 12.9. The van der Waals surface area contributed by atoms with Crippen molar-refractivity contribution < 1.29 is 74.8 Å². The number of carboxylic acid groups (broad SMARTS) is 2. The molecule has 0 saturated heterocycles. The predicted octanol–water partition coefficient (Wildman–Crippen LogP) is 9.05. The van der Waals surface area contributed by atoms with Crippen molar-refractivity contribution in [1.29, 1.82) is 0 Å². The first-order chi connectivity index (χ1) is 27.6. The summed E-state index contributed by atoms with van der Waals surface area (Å²) in [5.74, 6) is -6.05. The van der Waals surface area contributed by atoms with Gasteiger partial charge in [0.1, 0.15) is 21.5 Å². The molecule has 4 rings (SSSR count). The van der Waals surface area contributed by atoms with Gasteiger partial charge in [0.05, 0.1) is 39.2 Å². The number of rotatable bonds is 18. The van der Waals surface area contributed by atoms with Gasteiger partial charge in [0.2, 0.25) is 11.8 Å². The van der Waals surface area contributed by atoms with Crippen LogP contribution in [0, 0.1) is 0 Å². The van der Waals surface area contributed by atoms with Gasteiger partial charge in [-0.25, -0.2) is 0 Å². The number of amides is 2. The molecule has 0 atom stereocenters. The highest BCUT2D eigenvalue weighted by molar-refractivity contribution is 8.00. The summed E-state index contributed by atoms with van der Waals surface area (Å²) in [6, 6.07) is 11.0. The number of nitrogens with one attached hydrogen (secondary N) is 2. The molecule has 318 valence electrons. The van der Waals surface area contributed by atoms with Crippen LogP contribution in [0.15, 0.2) is 54.6 Å². The Morgan fingerprint density at radius 2 is 1.12 bits per heavy atom. The average Bonchev–Trinajstić information content (AvgIpc) is 3.74. The Hall–Kier alpha value is -4.77. The second-order valence-corrected chi connectivity index (χ2v) is 16.1. The molecule has 2 aromatic carbocycles. The molecule has 4 N–H and O–H groups in total. The van der Waals surface area contributed by atoms with Crippen molar-refractivity contribution in [3.63, 3.8) is 0 Å². The number of halogens is 7. The summed E-state index contributed by atoms with van der Waals surface area (Å²) < 4.78 is 82.0. The first kappa shape index (κ1) is 48.6. The van der Waals surface area contributed by atoms with Gasteiger partial charge in [-0.3, -0.25) is 28.8 Å². The summed E-state index contributed by atoms with van der Waals surface area (Å²) in [7, 11) is 0. The highest BCUT2D eigenvalue weighted by Gasteiger charge is 2.33. The van der Waals surface area contributed by atoms with Crippen LogP contribution in [0.3, 0.4) is 0 Å². The van der Waals surface area contributed by atoms with Crippen LogP contribution in [-0.2, 0) is 32.0 Å². The van der Waals surface area contributed by atoms with Gasteiger partial charge in [0.15, 0.2) is 11.6 Å². The minimum atomic E-state index is -4.92. The van der Waals surface area contributed by atoms with E-state index < -0.39 is 59.5 Å². The summed E-state index contributed by atoms with van der Waals surface area (Å²) in [5, 5.41) is 22.5. The highest BCUT2D eigenvalue weighted by Crippen LogP contribution is 2.35. The van der Waals surface area contributed by atoms with Crippen molar-refractivity contribution in [2.75, 3.05) is 33.6 Å². The fourth-order valence-electron chi connectivity index (χ4n) is 4.54. The SMILES string of the molecule is CCc1cc(C(=O)c2ccc(OC(F)(F)F)c(Cl)c2)c(NC(=O)CSCC(=O)O)s1.CCc1cc(C(=O)c2cccc(OC(F)(F)F)c2)c(NC(=O)CSCC(=O)O)s1. The number of carbonyl (C=O) groups excluding carboxylic acids is 4. The lowest BCUT2D eigenvalue weighted by Crippen LogP contribution is -2.18. The number of alkyl halides is 6. The Bertz CT molecular complexity index is 2180. The largest absolute Gasteiger partial charge is 0.573 e. The lowest BCUT2D eigenvalue weighted by molar-refractivity contribution is -0.275. The summed E-state index contributed by atoms with van der Waals surface area (Å²) in [6.45, 7) is 3.71. The number of thiophene rings is 2. The molecular weight excluding hydrogens is 898 g/mol. The van der Waals surface area contributed by atoms with Crippen LogP contribution in [-0.4, -0.2) is 81.3 Å². The molecule has 23 heteroatoms. The second kappa shape index (κ2) is 22.0. The van der Waals surface area contributed by atoms with E-state index in [1.165, 1.54) is 34.8 Å². The number of hydrogen-bond donors (Lipinski definition) is 4. The minimum absolute atomic E-state index is 0.0192. The van der Waals surface area contributed by atoms with E-state index >= 15 is 0 Å². The third-order valence-corrected chi connectivity index (χ3v) is 11.4. The topological polar surface area (TPSA) is 185 Å². The molecule has 0 aliphatic rings. The fourth-order valence-corrected chi connectivity index (χ4v) is 7.85. The van der Waals surface area contributed by atoms with Gasteiger partial charge in [-0.2, -0.15) is 0 Å². The lowest BCUT2D eigenvalue weighted by Gasteiger charge is -2.11. The van der Waals surface area contributed by atoms with E-state index in [0.717, 1.165) is 63.6 Å². The Labute approximate surface area is 352 Å². The number of hydrogen-bond acceptors (Lipinski definition) is 12. The van der Waals surface area contributed by atoms with Crippen LogP contribution in [0.4, 0.5) is 36.3 Å². The van der Waals surface area contributed by atoms with Gasteiger partial charge in [0, 0.05) is 20.9 Å². The molecule has 0 fully saturated rings. The number of ketones is 2. The van der Waals surface area contributed by atoms with E-state index in [-0.39, 0.29) is 60.3 Å². The molecular formula is C36H31ClF6N2O10S4. The van der Waals surface area contributed by atoms with E-state index in [9.17, 15) is 55.1 Å². The molecule has 2 aromatic heterocycles. The van der Waals surface area contributed by atoms with Crippen LogP contribution >= 0.6 is 57.8 Å². The first-order valence-electron chi connectivity index (χ1n) is 16.5. The maximum absolute atomic E-state index is 12.9. The van der Waals surface area contributed by atoms with Crippen LogP contribution in [0.5, 0.6) is 11.5 Å². The maximum Gasteiger partial charge on any atom is 0.573 e. The average molecular weight is 929 g/mol. The smallest absolute Gasteiger partial charge is 0.481 e. The summed E-state index contributed by atoms with van der Waals surface area (Å²) >= 11 is 9.98. The van der Waals surface area contributed by atoms with Crippen molar-refractivity contribution >= 4 is 103 Å². The molecule has 2 amide bonds. The normalized spacial score (nSPS) is 11.2. The van der Waals surface area contributed by atoms with E-state index in [2.05, 4.69) is 20.1 Å². The number of carbonyl (C=O) groups is 6. The minimum Gasteiger partial charge on any atom is -0.481 e. The third kappa shape index (κ3) is 16.4. The molecule has 59 heavy (non-hydrogen) atoms. The zero-order valence-electron chi connectivity index (χ0n) is 30.4. The predicted molar refractivity (Wildman–Crippen MR) is 213 cm³/mol. The van der Waals surface area contributed by atoms with Crippen molar-refractivity contribution in [3.05, 3.63) is 91.6 Å². The lowest BCUT2D eigenvalue weighted by atomic mass is 10.0. The van der Waals surface area contributed by atoms with Crippen LogP contribution in [0.2, 0.25) is 5.02 Å². The first-order valence-corrected chi connectivity index (χ1v) is 20.9. The molecule has 0 unspecified atom stereocenters. The molecule has 2 heterocycles. The quantitative estimate of drug-likeness (QED) is 0.0549. The summed E-state index contributed by atoms with van der Waals surface area (Å²) in [6.07, 6.45) is -8.62. The van der Waals surface area contributed by atoms with Gasteiger partial charge in [-0.15, -0.1) is 72.5 Å². The zero-order chi connectivity index (χ0) is 44.1. The van der Waals surface area contributed by atoms with Crippen molar-refractivity contribution in [1.82, 2.24) is 0 Å². The molecule has 0 aliphatic heterocycles. The molecule has 0 spiro atoms. The molecule has 12 nitrogen and oxygen atoms in total. The van der Waals surface area contributed by atoms with Crippen molar-refractivity contribution in [2.24, 2.45) is 0 Å². The van der Waals surface area contributed by atoms with E-state index in [1.54, 1.807) is 12.1 Å². The van der Waals surface area contributed by atoms with Gasteiger partial charge >= 0.3 is 24.7 Å². The molecule has 0 bridgehead atoms. The molecule has 0 aliphatic carbocycles. The highest BCUT2D eigenvalue weighted by atomic mass is 35.5. The number of carboxylic acids is 2. The van der Waals surface area contributed by atoms with Gasteiger partial charge in [-0.1, -0.05) is 37.6 Å². The third-order valence-electron chi connectivity index (χ3n) is 6.93. The standard InChI is InChI=1S/C18H15ClF3NO5S2.C18H16F3NO5S2/c1-2-10-6-11(17(30-10)23-14(24)7-29-8-15(25)26)16(27)9-3-4-13(12(19)5-9)28-18(20,21)22;1-2-12-7-13(17(29-12)22-14(23)8-28-9-15(24)25)16(26)10-4-3-5-11(6-10)27-18(19,20)21/h3-6H,2,7-8H2,1H3,(H,23,24)(H,25,26);3-7H,2,8-9H2,1H3,(H,22,23)(H,24,25). The summed E-state index contributed by atoms with van der Waals surface area (Å²) in [4.78, 5) is 72.5. The van der Waals surface area contributed by atoms with Crippen LogP contribution in [0.1, 0.15) is 55.4 Å². The van der Waals surface area contributed by atoms with E-state index in [4.69, 9.17) is 21.8 Å². The van der Waals surface area contributed by atoms with Crippen molar-refractivity contribution in [2.45, 2.75) is 39.4 Å². The molecule has 4 aromatic rings. The number of thioether (sulfide) groups is 2. The number of aliphatic carboxylic acids is 2. The Morgan fingerprint density at radius 1 is 0.661 bits per heavy atom. The van der Waals surface area contributed by atoms with Gasteiger partial charge < -0.3 is 30.3 Å². The Kier molecular flexibility index (Phi) is 18.1.